The van der Waals surface area contributed by atoms with Crippen molar-refractivity contribution in [2.45, 2.75) is 12.3 Å². The summed E-state index contributed by atoms with van der Waals surface area (Å²) in [5, 5.41) is 9.61. The summed E-state index contributed by atoms with van der Waals surface area (Å²) in [6.45, 7) is 0. The molecule has 5 nitrogen and oxygen atoms in total. The number of benzene rings is 2. The standard InChI is InChI=1S/C19H21NO4/c1-21-16-7-5-13(6-8-16)9-15(12-20)14-10-17(22-2)19(24-4)18(11-14)23-3/h5-8,10-11,15H,9H2,1-4H3/t15-/m1/s1. The van der Waals surface area contributed by atoms with Gasteiger partial charge in [-0.15, -0.1) is 0 Å². The highest BCUT2D eigenvalue weighted by Gasteiger charge is 2.19. The quantitative estimate of drug-likeness (QED) is 0.778. The van der Waals surface area contributed by atoms with Gasteiger partial charge in [0, 0.05) is 0 Å². The van der Waals surface area contributed by atoms with E-state index in [9.17, 15) is 5.26 Å². The lowest BCUT2D eigenvalue weighted by atomic mass is 9.92. The first-order chi connectivity index (χ1) is 11.7. The molecule has 126 valence electrons. The molecule has 0 heterocycles. The minimum absolute atomic E-state index is 0.327. The van der Waals surface area contributed by atoms with Crippen molar-refractivity contribution in [3.05, 3.63) is 47.5 Å². The third-order valence-electron chi connectivity index (χ3n) is 3.84. The smallest absolute Gasteiger partial charge is 0.203 e. The molecule has 0 amide bonds. The van der Waals surface area contributed by atoms with Gasteiger partial charge in [-0.25, -0.2) is 0 Å². The molecule has 0 spiro atoms. The molecule has 0 unspecified atom stereocenters. The molecule has 0 bridgehead atoms. The number of nitriles is 1. The van der Waals surface area contributed by atoms with Crippen LogP contribution in [0.1, 0.15) is 17.0 Å². The van der Waals surface area contributed by atoms with Crippen molar-refractivity contribution >= 4 is 0 Å². The van der Waals surface area contributed by atoms with Gasteiger partial charge in [-0.1, -0.05) is 12.1 Å². The average Bonchev–Trinajstić information content (AvgIpc) is 2.65. The van der Waals surface area contributed by atoms with Crippen LogP contribution in [0.15, 0.2) is 36.4 Å². The Bertz CT molecular complexity index is 694. The van der Waals surface area contributed by atoms with E-state index in [1.54, 1.807) is 28.4 Å². The van der Waals surface area contributed by atoms with Crippen molar-refractivity contribution in [2.24, 2.45) is 0 Å². The van der Waals surface area contributed by atoms with Crippen LogP contribution in [0.2, 0.25) is 0 Å². The van der Waals surface area contributed by atoms with E-state index in [1.807, 2.05) is 36.4 Å². The zero-order chi connectivity index (χ0) is 17.5. The summed E-state index contributed by atoms with van der Waals surface area (Å²) in [5.74, 6) is 2.07. The van der Waals surface area contributed by atoms with E-state index >= 15 is 0 Å². The molecule has 0 aromatic heterocycles. The van der Waals surface area contributed by atoms with Gasteiger partial charge < -0.3 is 18.9 Å². The van der Waals surface area contributed by atoms with Crippen molar-refractivity contribution in [2.75, 3.05) is 28.4 Å². The maximum Gasteiger partial charge on any atom is 0.203 e. The Hall–Kier alpha value is -2.87. The van der Waals surface area contributed by atoms with Crippen LogP contribution in [0.5, 0.6) is 23.0 Å². The van der Waals surface area contributed by atoms with E-state index in [1.165, 1.54) is 0 Å². The molecule has 0 N–H and O–H groups in total. The second kappa shape index (κ2) is 8.11. The lowest BCUT2D eigenvalue weighted by molar-refractivity contribution is 0.323. The van der Waals surface area contributed by atoms with Gasteiger partial charge in [-0.2, -0.15) is 5.26 Å². The summed E-state index contributed by atoms with van der Waals surface area (Å²) in [5.41, 5.74) is 1.87. The van der Waals surface area contributed by atoms with Gasteiger partial charge in [0.1, 0.15) is 5.75 Å². The Labute approximate surface area is 142 Å². The number of methoxy groups -OCH3 is 4. The third-order valence-corrected chi connectivity index (χ3v) is 3.84. The van der Waals surface area contributed by atoms with Crippen molar-refractivity contribution in [3.63, 3.8) is 0 Å². The Balaban J connectivity index is 2.34. The van der Waals surface area contributed by atoms with E-state index in [0.717, 1.165) is 16.9 Å². The Kier molecular flexibility index (Phi) is 5.91. The largest absolute Gasteiger partial charge is 0.497 e. The second-order valence-corrected chi connectivity index (χ2v) is 5.19. The van der Waals surface area contributed by atoms with Crippen LogP contribution in [0.3, 0.4) is 0 Å². The van der Waals surface area contributed by atoms with E-state index in [-0.39, 0.29) is 5.92 Å². The fourth-order valence-electron chi connectivity index (χ4n) is 2.54. The minimum atomic E-state index is -0.327. The van der Waals surface area contributed by atoms with E-state index in [2.05, 4.69) is 6.07 Å². The lowest BCUT2D eigenvalue weighted by Crippen LogP contribution is -2.03. The van der Waals surface area contributed by atoms with E-state index in [4.69, 9.17) is 18.9 Å². The molecule has 0 aliphatic heterocycles. The van der Waals surface area contributed by atoms with Gasteiger partial charge in [-0.3, -0.25) is 0 Å². The third kappa shape index (κ3) is 3.72. The highest BCUT2D eigenvalue weighted by molar-refractivity contribution is 5.55. The fourth-order valence-corrected chi connectivity index (χ4v) is 2.54. The zero-order valence-electron chi connectivity index (χ0n) is 14.3. The maximum atomic E-state index is 9.61. The van der Waals surface area contributed by atoms with Crippen molar-refractivity contribution in [1.82, 2.24) is 0 Å². The summed E-state index contributed by atoms with van der Waals surface area (Å²) >= 11 is 0. The second-order valence-electron chi connectivity index (χ2n) is 5.19. The molecular formula is C19H21NO4. The van der Waals surface area contributed by atoms with Crippen molar-refractivity contribution in [1.29, 1.82) is 5.26 Å². The molecule has 0 aliphatic carbocycles. The predicted octanol–water partition coefficient (Wildman–Crippen LogP) is 3.57. The van der Waals surface area contributed by atoms with Gasteiger partial charge in [0.05, 0.1) is 40.4 Å². The number of nitrogens with zero attached hydrogens (tertiary/aromatic N) is 1. The van der Waals surface area contributed by atoms with Crippen LogP contribution >= 0.6 is 0 Å². The molecule has 0 radical (unpaired) electrons. The molecule has 2 rings (SSSR count). The summed E-state index contributed by atoms with van der Waals surface area (Å²) in [7, 11) is 6.31. The molecule has 0 saturated heterocycles. The highest BCUT2D eigenvalue weighted by atomic mass is 16.5. The number of hydrogen-bond donors (Lipinski definition) is 0. The summed E-state index contributed by atoms with van der Waals surface area (Å²) in [6, 6.07) is 13.7. The topological polar surface area (TPSA) is 60.7 Å². The molecular weight excluding hydrogens is 306 g/mol. The van der Waals surface area contributed by atoms with Crippen LogP contribution in [0.25, 0.3) is 0 Å². The van der Waals surface area contributed by atoms with Crippen molar-refractivity contribution in [3.8, 4) is 29.1 Å². The number of rotatable bonds is 7. The summed E-state index contributed by atoms with van der Waals surface area (Å²) in [6.07, 6.45) is 0.582. The molecule has 5 heteroatoms. The average molecular weight is 327 g/mol. The van der Waals surface area contributed by atoms with Crippen LogP contribution in [-0.2, 0) is 6.42 Å². The molecule has 0 fully saturated rings. The number of ether oxygens (including phenoxy) is 4. The van der Waals surface area contributed by atoms with Gasteiger partial charge >= 0.3 is 0 Å². The summed E-state index contributed by atoms with van der Waals surface area (Å²) in [4.78, 5) is 0. The molecule has 0 aliphatic rings. The van der Waals surface area contributed by atoms with Crippen molar-refractivity contribution < 1.29 is 18.9 Å². The van der Waals surface area contributed by atoms with Gasteiger partial charge in [-0.05, 0) is 41.8 Å². The highest BCUT2D eigenvalue weighted by Crippen LogP contribution is 2.40. The van der Waals surface area contributed by atoms with Gasteiger partial charge in [0.2, 0.25) is 5.75 Å². The first-order valence-corrected chi connectivity index (χ1v) is 7.49. The SMILES string of the molecule is COc1ccc(C[C@H](C#N)c2cc(OC)c(OC)c(OC)c2)cc1. The van der Waals surface area contributed by atoms with Gasteiger partial charge in [0.15, 0.2) is 11.5 Å². The lowest BCUT2D eigenvalue weighted by Gasteiger charge is -2.16. The Morgan fingerprint density at radius 2 is 1.46 bits per heavy atom. The molecule has 2 aromatic rings. The molecule has 1 atom stereocenters. The normalized spacial score (nSPS) is 11.3. The minimum Gasteiger partial charge on any atom is -0.497 e. The first-order valence-electron chi connectivity index (χ1n) is 7.49. The van der Waals surface area contributed by atoms with Crippen LogP contribution < -0.4 is 18.9 Å². The van der Waals surface area contributed by atoms with E-state index in [0.29, 0.717) is 23.7 Å². The molecule has 2 aromatic carbocycles. The summed E-state index contributed by atoms with van der Waals surface area (Å²) < 4.78 is 21.2. The molecule has 0 saturated carbocycles. The fraction of sp³-hybridized carbons (Fsp3) is 0.316. The van der Waals surface area contributed by atoms with Crippen LogP contribution in [0, 0.1) is 11.3 Å². The monoisotopic (exact) mass is 327 g/mol. The maximum absolute atomic E-state index is 9.61. The Morgan fingerprint density at radius 3 is 1.88 bits per heavy atom. The van der Waals surface area contributed by atoms with Crippen LogP contribution in [-0.4, -0.2) is 28.4 Å². The molecule has 24 heavy (non-hydrogen) atoms. The van der Waals surface area contributed by atoms with E-state index < -0.39 is 0 Å². The Morgan fingerprint density at radius 1 is 0.875 bits per heavy atom. The number of hydrogen-bond acceptors (Lipinski definition) is 5. The zero-order valence-corrected chi connectivity index (χ0v) is 14.3. The first kappa shape index (κ1) is 17.5. The van der Waals surface area contributed by atoms with Gasteiger partial charge in [0.25, 0.3) is 0 Å². The van der Waals surface area contributed by atoms with Crippen LogP contribution in [0.4, 0.5) is 0 Å². The predicted molar refractivity (Wildman–Crippen MR) is 91.2 cm³/mol.